The molecule has 1 atom stereocenters. The zero-order chi connectivity index (χ0) is 28.2. The van der Waals surface area contributed by atoms with E-state index in [9.17, 15) is 9.59 Å². The van der Waals surface area contributed by atoms with Gasteiger partial charge in [0.05, 0.1) is 31.3 Å². The Bertz CT molecular complexity index is 1500. The first-order valence-corrected chi connectivity index (χ1v) is 13.2. The maximum atomic E-state index is 14.3. The van der Waals surface area contributed by atoms with Crippen LogP contribution in [0, 0.1) is 0 Å². The molecule has 5 rings (SSSR count). The molecule has 2 heterocycles. The van der Waals surface area contributed by atoms with E-state index in [1.54, 1.807) is 36.2 Å². The van der Waals surface area contributed by atoms with E-state index in [1.165, 1.54) is 0 Å². The van der Waals surface area contributed by atoms with Crippen LogP contribution in [0.2, 0.25) is 0 Å². The SMILES string of the molecule is COc1ccc(OC)c(C2c3cccn3-c3ccccc3N2C(=O)CN(C(=O)COc2ccccc2)C(C)C)c1. The van der Waals surface area contributed by atoms with Crippen molar-refractivity contribution in [2.45, 2.75) is 25.9 Å². The molecule has 3 aromatic carbocycles. The maximum Gasteiger partial charge on any atom is 0.261 e. The van der Waals surface area contributed by atoms with Gasteiger partial charge in [-0.05, 0) is 68.4 Å². The van der Waals surface area contributed by atoms with Gasteiger partial charge in [-0.1, -0.05) is 30.3 Å². The summed E-state index contributed by atoms with van der Waals surface area (Å²) in [7, 11) is 3.22. The van der Waals surface area contributed by atoms with Crippen LogP contribution in [0.15, 0.2) is 91.1 Å². The molecule has 0 saturated heterocycles. The standard InChI is InChI=1S/C32H33N3O5/c1-22(2)34(31(37)21-40-23-11-6-5-7-12-23)20-30(36)35-27-14-9-8-13-26(27)33-18-10-15-28(33)32(35)25-19-24(38-3)16-17-29(25)39-4/h5-19,22,32H,20-21H2,1-4H3. The zero-order valence-electron chi connectivity index (χ0n) is 23.1. The zero-order valence-corrected chi connectivity index (χ0v) is 23.1. The summed E-state index contributed by atoms with van der Waals surface area (Å²) in [6, 6.07) is 25.7. The molecule has 0 saturated carbocycles. The first-order valence-electron chi connectivity index (χ1n) is 13.2. The lowest BCUT2D eigenvalue weighted by Gasteiger charge is -2.40. The number of hydrogen-bond donors (Lipinski definition) is 0. The number of ether oxygens (including phenoxy) is 3. The number of para-hydroxylation sites is 3. The lowest BCUT2D eigenvalue weighted by atomic mass is 9.96. The Morgan fingerprint density at radius 3 is 2.27 bits per heavy atom. The van der Waals surface area contributed by atoms with Crippen molar-refractivity contribution in [2.24, 2.45) is 0 Å². The van der Waals surface area contributed by atoms with Gasteiger partial charge in [-0.2, -0.15) is 0 Å². The molecule has 0 spiro atoms. The summed E-state index contributed by atoms with van der Waals surface area (Å²) < 4.78 is 19.1. The summed E-state index contributed by atoms with van der Waals surface area (Å²) in [4.78, 5) is 31.0. The van der Waals surface area contributed by atoms with Crippen molar-refractivity contribution in [2.75, 3.05) is 32.3 Å². The van der Waals surface area contributed by atoms with Crippen LogP contribution < -0.4 is 19.1 Å². The molecule has 1 aliphatic heterocycles. The van der Waals surface area contributed by atoms with Gasteiger partial charge in [0.2, 0.25) is 5.91 Å². The molecule has 8 nitrogen and oxygen atoms in total. The number of carbonyl (C=O) groups is 2. The van der Waals surface area contributed by atoms with Gasteiger partial charge in [-0.3, -0.25) is 14.5 Å². The molecule has 0 bridgehead atoms. The van der Waals surface area contributed by atoms with Gasteiger partial charge in [0.1, 0.15) is 29.8 Å². The van der Waals surface area contributed by atoms with Crippen LogP contribution in [0.25, 0.3) is 5.69 Å². The third-order valence-electron chi connectivity index (χ3n) is 7.07. The number of benzene rings is 3. The van der Waals surface area contributed by atoms with Crippen LogP contribution in [-0.4, -0.2) is 54.7 Å². The second-order valence-corrected chi connectivity index (χ2v) is 9.78. The summed E-state index contributed by atoms with van der Waals surface area (Å²) in [5, 5.41) is 0. The molecule has 0 radical (unpaired) electrons. The summed E-state index contributed by atoms with van der Waals surface area (Å²) in [6.07, 6.45) is 1.99. The Hall–Kier alpha value is -4.72. The highest BCUT2D eigenvalue weighted by Gasteiger charge is 2.38. The third kappa shape index (κ3) is 5.12. The number of carbonyl (C=O) groups excluding carboxylic acids is 2. The number of anilines is 1. The van der Waals surface area contributed by atoms with Gasteiger partial charge in [0.25, 0.3) is 5.91 Å². The molecule has 206 valence electrons. The number of amides is 2. The fourth-order valence-electron chi connectivity index (χ4n) is 5.13. The van der Waals surface area contributed by atoms with Crippen molar-refractivity contribution in [3.63, 3.8) is 0 Å². The lowest BCUT2D eigenvalue weighted by molar-refractivity contribution is -0.138. The topological polar surface area (TPSA) is 73.2 Å². The number of methoxy groups -OCH3 is 2. The highest BCUT2D eigenvalue weighted by molar-refractivity contribution is 6.00. The number of nitrogens with zero attached hydrogens (tertiary/aromatic N) is 3. The van der Waals surface area contributed by atoms with E-state index in [2.05, 4.69) is 4.57 Å². The molecular formula is C32H33N3O5. The second-order valence-electron chi connectivity index (χ2n) is 9.78. The van der Waals surface area contributed by atoms with Crippen LogP contribution >= 0.6 is 0 Å². The highest BCUT2D eigenvalue weighted by atomic mass is 16.5. The Labute approximate surface area is 234 Å². The number of aromatic nitrogens is 1. The Balaban J connectivity index is 1.53. The minimum atomic E-state index is -0.521. The minimum absolute atomic E-state index is 0.119. The summed E-state index contributed by atoms with van der Waals surface area (Å²) in [5.74, 6) is 1.38. The molecule has 0 N–H and O–H groups in total. The lowest BCUT2D eigenvalue weighted by Crippen LogP contribution is -2.49. The molecule has 2 amide bonds. The van der Waals surface area contributed by atoms with Crippen molar-refractivity contribution in [1.29, 1.82) is 0 Å². The monoisotopic (exact) mass is 539 g/mol. The predicted molar refractivity (Wildman–Crippen MR) is 153 cm³/mol. The minimum Gasteiger partial charge on any atom is -0.497 e. The predicted octanol–water partition coefficient (Wildman–Crippen LogP) is 5.25. The van der Waals surface area contributed by atoms with E-state index in [4.69, 9.17) is 14.2 Å². The van der Waals surface area contributed by atoms with Gasteiger partial charge >= 0.3 is 0 Å². The average molecular weight is 540 g/mol. The molecule has 0 aliphatic carbocycles. The summed E-state index contributed by atoms with van der Waals surface area (Å²) in [6.45, 7) is 3.51. The summed E-state index contributed by atoms with van der Waals surface area (Å²) in [5.41, 5.74) is 3.29. The molecule has 1 aromatic heterocycles. The number of hydrogen-bond acceptors (Lipinski definition) is 5. The van der Waals surface area contributed by atoms with E-state index in [-0.39, 0.29) is 31.0 Å². The van der Waals surface area contributed by atoms with Crippen molar-refractivity contribution < 1.29 is 23.8 Å². The van der Waals surface area contributed by atoms with E-state index >= 15 is 0 Å². The molecule has 8 heteroatoms. The van der Waals surface area contributed by atoms with Crippen molar-refractivity contribution in [3.05, 3.63) is 102 Å². The molecule has 4 aromatic rings. The number of fused-ring (bicyclic) bond motifs is 3. The van der Waals surface area contributed by atoms with E-state index in [1.807, 2.05) is 92.8 Å². The van der Waals surface area contributed by atoms with Crippen molar-refractivity contribution in [3.8, 4) is 22.9 Å². The average Bonchev–Trinajstić information content (AvgIpc) is 3.48. The third-order valence-corrected chi connectivity index (χ3v) is 7.07. The van der Waals surface area contributed by atoms with Crippen LogP contribution in [0.4, 0.5) is 5.69 Å². The summed E-state index contributed by atoms with van der Waals surface area (Å²) >= 11 is 0. The van der Waals surface area contributed by atoms with Crippen molar-refractivity contribution >= 4 is 17.5 Å². The maximum absolute atomic E-state index is 14.3. The van der Waals surface area contributed by atoms with Crippen molar-refractivity contribution in [1.82, 2.24) is 9.47 Å². The van der Waals surface area contributed by atoms with Gasteiger partial charge in [-0.15, -0.1) is 0 Å². The van der Waals surface area contributed by atoms with Crippen LogP contribution in [0.3, 0.4) is 0 Å². The molecule has 40 heavy (non-hydrogen) atoms. The number of rotatable bonds is 9. The molecule has 1 aliphatic rings. The van der Waals surface area contributed by atoms with Gasteiger partial charge in [0, 0.05) is 17.8 Å². The Morgan fingerprint density at radius 2 is 1.57 bits per heavy atom. The Morgan fingerprint density at radius 1 is 0.850 bits per heavy atom. The normalized spacial score (nSPS) is 13.8. The van der Waals surface area contributed by atoms with E-state index in [0.717, 1.165) is 22.6 Å². The first-order chi connectivity index (χ1) is 19.4. The van der Waals surface area contributed by atoms with Gasteiger partial charge in [0.15, 0.2) is 6.61 Å². The first kappa shape index (κ1) is 26.9. The largest absolute Gasteiger partial charge is 0.497 e. The fourth-order valence-corrected chi connectivity index (χ4v) is 5.13. The second kappa shape index (κ2) is 11.6. The fraction of sp³-hybridized carbons (Fsp3) is 0.250. The van der Waals surface area contributed by atoms with Crippen LogP contribution in [0.1, 0.15) is 31.1 Å². The Kier molecular flexibility index (Phi) is 7.77. The van der Waals surface area contributed by atoms with E-state index < -0.39 is 6.04 Å². The van der Waals surface area contributed by atoms with Gasteiger partial charge in [-0.25, -0.2) is 0 Å². The smallest absolute Gasteiger partial charge is 0.261 e. The van der Waals surface area contributed by atoms with E-state index in [0.29, 0.717) is 17.2 Å². The molecule has 1 unspecified atom stereocenters. The molecule has 0 fully saturated rings. The highest BCUT2D eigenvalue weighted by Crippen LogP contribution is 2.45. The van der Waals surface area contributed by atoms with Crippen LogP contribution in [0.5, 0.6) is 17.2 Å². The van der Waals surface area contributed by atoms with Gasteiger partial charge < -0.3 is 23.7 Å². The quantitative estimate of drug-likeness (QED) is 0.291. The molecular weight excluding hydrogens is 506 g/mol. The van der Waals surface area contributed by atoms with Crippen LogP contribution in [-0.2, 0) is 9.59 Å².